The second-order valence-electron chi connectivity index (χ2n) is 6.07. The minimum absolute atomic E-state index is 0.183. The van der Waals surface area contributed by atoms with E-state index in [1.807, 2.05) is 41.2 Å². The molecule has 0 aliphatic rings. The van der Waals surface area contributed by atoms with Gasteiger partial charge in [-0.3, -0.25) is 9.48 Å². The Hall–Kier alpha value is -2.31. The molecule has 0 unspecified atom stereocenters. The molecule has 0 aliphatic carbocycles. The van der Waals surface area contributed by atoms with Crippen molar-refractivity contribution in [2.45, 2.75) is 26.1 Å². The van der Waals surface area contributed by atoms with E-state index in [0.717, 1.165) is 17.7 Å². The lowest BCUT2D eigenvalue weighted by atomic mass is 10.1. The molecule has 0 bridgehead atoms. The van der Waals surface area contributed by atoms with Crippen LogP contribution in [-0.4, -0.2) is 21.8 Å². The van der Waals surface area contributed by atoms with Crippen molar-refractivity contribution in [2.24, 2.45) is 0 Å². The van der Waals surface area contributed by atoms with Gasteiger partial charge < -0.3 is 10.1 Å². The molecule has 0 fully saturated rings. The van der Waals surface area contributed by atoms with E-state index >= 15 is 0 Å². The lowest BCUT2D eigenvalue weighted by Crippen LogP contribution is -2.35. The van der Waals surface area contributed by atoms with E-state index in [4.69, 9.17) is 16.3 Å². The predicted octanol–water partition coefficient (Wildman–Crippen LogP) is 4.43. The molecule has 0 saturated carbocycles. The molecule has 1 atom stereocenters. The number of aromatic nitrogens is 2. The summed E-state index contributed by atoms with van der Waals surface area (Å²) in [6.45, 7) is 2.88. The zero-order valence-corrected chi connectivity index (χ0v) is 17.1. The highest BCUT2D eigenvalue weighted by Gasteiger charge is 2.15. The van der Waals surface area contributed by atoms with Gasteiger partial charge >= 0.3 is 0 Å². The van der Waals surface area contributed by atoms with Crippen molar-refractivity contribution >= 4 is 33.4 Å². The number of rotatable bonds is 7. The zero-order valence-electron chi connectivity index (χ0n) is 14.7. The van der Waals surface area contributed by atoms with E-state index < -0.39 is 6.10 Å². The number of halogens is 2. The van der Waals surface area contributed by atoms with Crippen LogP contribution >= 0.6 is 27.5 Å². The Bertz CT molecular complexity index is 898. The number of carbonyl (C=O) groups excluding carboxylic acids is 1. The van der Waals surface area contributed by atoms with Gasteiger partial charge in [0.25, 0.3) is 5.91 Å². The number of nitrogens with one attached hydrogen (secondary N) is 1. The molecule has 3 rings (SSSR count). The molecule has 0 saturated heterocycles. The fourth-order valence-corrected chi connectivity index (χ4v) is 3.27. The third-order valence-electron chi connectivity index (χ3n) is 3.96. The monoisotopic (exact) mass is 447 g/mol. The van der Waals surface area contributed by atoms with Gasteiger partial charge in [0, 0.05) is 24.0 Å². The first-order valence-electron chi connectivity index (χ1n) is 8.46. The Labute approximate surface area is 171 Å². The summed E-state index contributed by atoms with van der Waals surface area (Å²) in [5, 5.41) is 7.68. The van der Waals surface area contributed by atoms with Crippen molar-refractivity contribution in [3.05, 3.63) is 81.5 Å². The van der Waals surface area contributed by atoms with Crippen molar-refractivity contribution < 1.29 is 9.53 Å². The minimum atomic E-state index is -0.624. The molecule has 0 spiro atoms. The highest BCUT2D eigenvalue weighted by Crippen LogP contribution is 2.28. The standard InChI is InChI=1S/C20H19BrClN3O2/c1-14(27-19-8-7-17(22)11-18(19)21)20(26)23-12-15-3-5-16(6-4-15)13-25-10-2-9-24-25/h2-11,14H,12-13H2,1H3,(H,23,26)/t14-/m1/s1. The summed E-state index contributed by atoms with van der Waals surface area (Å²) in [5.41, 5.74) is 2.17. The second kappa shape index (κ2) is 9.06. The van der Waals surface area contributed by atoms with E-state index in [0.29, 0.717) is 21.8 Å². The number of carbonyl (C=O) groups is 1. The minimum Gasteiger partial charge on any atom is -0.480 e. The average Bonchev–Trinajstić information content (AvgIpc) is 3.16. The molecule has 0 aliphatic heterocycles. The molecule has 1 N–H and O–H groups in total. The number of ether oxygens (including phenoxy) is 1. The molecule has 1 heterocycles. The van der Waals surface area contributed by atoms with Gasteiger partial charge in [-0.05, 0) is 58.2 Å². The van der Waals surface area contributed by atoms with Gasteiger partial charge in [-0.15, -0.1) is 0 Å². The molecule has 7 heteroatoms. The highest BCUT2D eigenvalue weighted by atomic mass is 79.9. The highest BCUT2D eigenvalue weighted by molar-refractivity contribution is 9.10. The number of hydrogen-bond acceptors (Lipinski definition) is 3. The summed E-state index contributed by atoms with van der Waals surface area (Å²) in [6.07, 6.45) is 3.06. The number of amides is 1. The van der Waals surface area contributed by atoms with Gasteiger partial charge in [0.15, 0.2) is 6.10 Å². The largest absolute Gasteiger partial charge is 0.480 e. The fraction of sp³-hybridized carbons (Fsp3) is 0.200. The van der Waals surface area contributed by atoms with E-state index in [9.17, 15) is 4.79 Å². The lowest BCUT2D eigenvalue weighted by Gasteiger charge is -2.16. The molecule has 3 aromatic rings. The van der Waals surface area contributed by atoms with Gasteiger partial charge in [0.05, 0.1) is 11.0 Å². The predicted molar refractivity (Wildman–Crippen MR) is 109 cm³/mol. The quantitative estimate of drug-likeness (QED) is 0.582. The van der Waals surface area contributed by atoms with Gasteiger partial charge in [0.1, 0.15) is 5.75 Å². The van der Waals surface area contributed by atoms with E-state index in [-0.39, 0.29) is 5.91 Å². The summed E-state index contributed by atoms with van der Waals surface area (Å²) in [4.78, 5) is 12.3. The van der Waals surface area contributed by atoms with Crippen molar-refractivity contribution in [1.29, 1.82) is 0 Å². The third kappa shape index (κ3) is 5.58. The maximum Gasteiger partial charge on any atom is 0.261 e. The Morgan fingerprint density at radius 3 is 2.67 bits per heavy atom. The topological polar surface area (TPSA) is 56.1 Å². The Balaban J connectivity index is 1.50. The maximum atomic E-state index is 12.3. The normalized spacial score (nSPS) is 11.8. The van der Waals surface area contributed by atoms with Crippen LogP contribution < -0.4 is 10.1 Å². The van der Waals surface area contributed by atoms with Crippen LogP contribution in [0.5, 0.6) is 5.75 Å². The SMILES string of the molecule is C[C@@H](Oc1ccc(Cl)cc1Br)C(=O)NCc1ccc(Cn2cccn2)cc1. The summed E-state index contributed by atoms with van der Waals surface area (Å²) in [6, 6.07) is 15.1. The van der Waals surface area contributed by atoms with Gasteiger partial charge in [0.2, 0.25) is 0 Å². The average molecular weight is 449 g/mol. The van der Waals surface area contributed by atoms with E-state index in [1.165, 1.54) is 0 Å². The molecular weight excluding hydrogens is 430 g/mol. The van der Waals surface area contributed by atoms with Crippen LogP contribution in [-0.2, 0) is 17.9 Å². The number of benzene rings is 2. The Morgan fingerprint density at radius 1 is 1.26 bits per heavy atom. The van der Waals surface area contributed by atoms with Crippen molar-refractivity contribution in [3.63, 3.8) is 0 Å². The van der Waals surface area contributed by atoms with Crippen LogP contribution in [0.1, 0.15) is 18.1 Å². The molecule has 1 aromatic heterocycles. The Morgan fingerprint density at radius 2 is 2.00 bits per heavy atom. The van der Waals surface area contributed by atoms with E-state index in [2.05, 4.69) is 26.3 Å². The molecule has 27 heavy (non-hydrogen) atoms. The Kier molecular flexibility index (Phi) is 6.53. The summed E-state index contributed by atoms with van der Waals surface area (Å²) < 4.78 is 8.28. The summed E-state index contributed by atoms with van der Waals surface area (Å²) in [5.74, 6) is 0.391. The second-order valence-corrected chi connectivity index (χ2v) is 7.36. The van der Waals surface area contributed by atoms with Crippen LogP contribution in [0.2, 0.25) is 5.02 Å². The van der Waals surface area contributed by atoms with Crippen molar-refractivity contribution in [3.8, 4) is 5.75 Å². The number of nitrogens with zero attached hydrogens (tertiary/aromatic N) is 2. The first kappa shape index (κ1) is 19.5. The first-order valence-corrected chi connectivity index (χ1v) is 9.63. The van der Waals surface area contributed by atoms with Crippen molar-refractivity contribution in [2.75, 3.05) is 0 Å². The molecule has 2 aromatic carbocycles. The van der Waals surface area contributed by atoms with Gasteiger partial charge in [-0.25, -0.2) is 0 Å². The lowest BCUT2D eigenvalue weighted by molar-refractivity contribution is -0.127. The van der Waals surface area contributed by atoms with Crippen molar-refractivity contribution in [1.82, 2.24) is 15.1 Å². The van der Waals surface area contributed by atoms with Crippen LogP contribution in [0, 0.1) is 0 Å². The first-order chi connectivity index (χ1) is 13.0. The summed E-state index contributed by atoms with van der Waals surface area (Å²) in [7, 11) is 0. The van der Waals surface area contributed by atoms with Crippen LogP contribution in [0.3, 0.4) is 0 Å². The molecule has 140 valence electrons. The molecule has 5 nitrogen and oxygen atoms in total. The smallest absolute Gasteiger partial charge is 0.261 e. The molecule has 1 amide bonds. The van der Waals surface area contributed by atoms with Gasteiger partial charge in [-0.1, -0.05) is 35.9 Å². The van der Waals surface area contributed by atoms with E-state index in [1.54, 1.807) is 31.3 Å². The van der Waals surface area contributed by atoms with Crippen LogP contribution in [0.25, 0.3) is 0 Å². The summed E-state index contributed by atoms with van der Waals surface area (Å²) >= 11 is 9.30. The third-order valence-corrected chi connectivity index (χ3v) is 4.82. The van der Waals surface area contributed by atoms with Gasteiger partial charge in [-0.2, -0.15) is 5.10 Å². The maximum absolute atomic E-state index is 12.3. The fourth-order valence-electron chi connectivity index (χ4n) is 2.49. The zero-order chi connectivity index (χ0) is 19.2. The number of hydrogen-bond donors (Lipinski definition) is 1. The van der Waals surface area contributed by atoms with Crippen LogP contribution in [0.4, 0.5) is 0 Å². The molecule has 0 radical (unpaired) electrons. The molecular formula is C20H19BrClN3O2. The van der Waals surface area contributed by atoms with Crippen LogP contribution in [0.15, 0.2) is 65.4 Å².